The molecule has 4 heteroatoms. The zero-order valence-corrected chi connectivity index (χ0v) is 36.4. The quantitative estimate of drug-likeness (QED) is 0.145. The molecular weight excluding hydrogens is 815 g/mol. The molecule has 0 fully saturated rings. The first-order valence-corrected chi connectivity index (χ1v) is 22.6. The molecule has 0 aliphatic heterocycles. The third kappa shape index (κ3) is 7.77. The van der Waals surface area contributed by atoms with Crippen LogP contribution in [0.2, 0.25) is 0 Å². The van der Waals surface area contributed by atoms with E-state index in [2.05, 4.69) is 231 Å². The maximum Gasteiger partial charge on any atom is 0.164 e. The average Bonchev–Trinajstić information content (AvgIpc) is 3.81. The normalized spacial score (nSPS) is 11.3. The fraction of sp³-hybridized carbons (Fsp3) is 0. The van der Waals surface area contributed by atoms with Crippen molar-refractivity contribution < 1.29 is 4.42 Å². The third-order valence-corrected chi connectivity index (χ3v) is 12.5. The minimum atomic E-state index is 0.580. The fourth-order valence-corrected chi connectivity index (χ4v) is 9.14. The van der Waals surface area contributed by atoms with E-state index in [9.17, 15) is 0 Å². The number of rotatable bonds is 9. The number of benzene rings is 10. The van der Waals surface area contributed by atoms with Gasteiger partial charge in [0.25, 0.3) is 0 Å². The molecule has 0 amide bonds. The summed E-state index contributed by atoms with van der Waals surface area (Å²) in [4.78, 5) is 15.8. The Morgan fingerprint density at radius 2 is 0.582 bits per heavy atom. The van der Waals surface area contributed by atoms with Crippen molar-refractivity contribution in [2.24, 2.45) is 0 Å². The predicted octanol–water partition coefficient (Wildman–Crippen LogP) is 16.8. The van der Waals surface area contributed by atoms with Gasteiger partial charge in [-0.15, -0.1) is 0 Å². The van der Waals surface area contributed by atoms with Gasteiger partial charge in [0.1, 0.15) is 11.2 Å². The summed E-state index contributed by atoms with van der Waals surface area (Å²) in [5.74, 6) is 1.77. The molecule has 0 saturated heterocycles. The van der Waals surface area contributed by atoms with Gasteiger partial charge < -0.3 is 4.42 Å². The lowest BCUT2D eigenvalue weighted by molar-refractivity contribution is 0.671. The summed E-state index contributed by atoms with van der Waals surface area (Å²) in [5.41, 5.74) is 17.5. The van der Waals surface area contributed by atoms with Gasteiger partial charge in [0, 0.05) is 38.6 Å². The topological polar surface area (TPSA) is 51.8 Å². The Morgan fingerprint density at radius 3 is 1.15 bits per heavy atom. The summed E-state index contributed by atoms with van der Waals surface area (Å²) in [5, 5.41) is 2.13. The number of hydrogen-bond donors (Lipinski definition) is 0. The molecule has 2 aromatic heterocycles. The molecule has 0 aliphatic rings. The van der Waals surface area contributed by atoms with Gasteiger partial charge in [-0.25, -0.2) is 15.0 Å². The number of para-hydroxylation sites is 1. The largest absolute Gasteiger partial charge is 0.455 e. The zero-order chi connectivity index (χ0) is 44.5. The molecule has 0 atom stereocenters. The Balaban J connectivity index is 1.02. The highest BCUT2D eigenvalue weighted by Gasteiger charge is 2.20. The van der Waals surface area contributed by atoms with Gasteiger partial charge in [-0.2, -0.15) is 0 Å². The molecule has 10 aromatic carbocycles. The van der Waals surface area contributed by atoms with E-state index < -0.39 is 0 Å². The van der Waals surface area contributed by atoms with Crippen LogP contribution in [0.4, 0.5) is 0 Å². The second kappa shape index (κ2) is 17.2. The molecule has 67 heavy (non-hydrogen) atoms. The van der Waals surface area contributed by atoms with Crippen molar-refractivity contribution >= 4 is 21.9 Å². The van der Waals surface area contributed by atoms with Gasteiger partial charge >= 0.3 is 0 Å². The lowest BCUT2D eigenvalue weighted by Crippen LogP contribution is -2.01. The molecule has 314 valence electrons. The third-order valence-electron chi connectivity index (χ3n) is 12.5. The maximum atomic E-state index is 7.01. The van der Waals surface area contributed by atoms with Gasteiger partial charge in [0.15, 0.2) is 17.5 Å². The Hall–Kier alpha value is -8.99. The molecule has 12 rings (SSSR count). The van der Waals surface area contributed by atoms with Crippen LogP contribution in [0.3, 0.4) is 0 Å². The molecule has 0 radical (unpaired) electrons. The van der Waals surface area contributed by atoms with Crippen LogP contribution in [0.5, 0.6) is 0 Å². The van der Waals surface area contributed by atoms with Gasteiger partial charge in [0.2, 0.25) is 0 Å². The standard InChI is InChI=1S/C63H41N3O/c1-6-18-42(19-7-1)46-32-34-48(35-33-46)61-64-62(66-63(65-61)54-38-51(43-20-8-2-9-21-43)37-52(39-54)44-22-10-3-11-23-44)50-29-16-28-49(36-50)55-30-17-31-56-58-41-53(45-24-12-4-13-25-45)40-57(60(58)67-59(55)56)47-26-14-5-15-27-47/h1-41H. The van der Waals surface area contributed by atoms with Crippen LogP contribution < -0.4 is 0 Å². The summed E-state index contributed by atoms with van der Waals surface area (Å²) in [6, 6.07) is 87.0. The molecule has 2 heterocycles. The highest BCUT2D eigenvalue weighted by atomic mass is 16.3. The van der Waals surface area contributed by atoms with Crippen molar-refractivity contribution in [1.82, 2.24) is 15.0 Å². The lowest BCUT2D eigenvalue weighted by atomic mass is 9.95. The molecule has 0 aliphatic carbocycles. The van der Waals surface area contributed by atoms with Crippen molar-refractivity contribution in [3.05, 3.63) is 249 Å². The molecule has 0 N–H and O–H groups in total. The monoisotopic (exact) mass is 855 g/mol. The molecule has 0 unspecified atom stereocenters. The van der Waals surface area contributed by atoms with Gasteiger partial charge in [-0.05, 0) is 92.0 Å². The number of aromatic nitrogens is 3. The maximum absolute atomic E-state index is 7.01. The van der Waals surface area contributed by atoms with E-state index >= 15 is 0 Å². The molecule has 0 bridgehead atoms. The number of nitrogens with zero attached hydrogens (tertiary/aromatic N) is 3. The first-order chi connectivity index (χ1) is 33.2. The summed E-state index contributed by atoms with van der Waals surface area (Å²) in [6.45, 7) is 0. The number of furan rings is 1. The fourth-order valence-electron chi connectivity index (χ4n) is 9.14. The van der Waals surface area contributed by atoms with Gasteiger partial charge in [-0.3, -0.25) is 0 Å². The summed E-state index contributed by atoms with van der Waals surface area (Å²) < 4.78 is 7.01. The SMILES string of the molecule is c1ccc(-c2ccc(-c3nc(-c4cc(-c5ccccc5)cc(-c5ccccc5)c4)nc(-c4cccc(-c5cccc6c5oc5c(-c7ccccc7)cc(-c7ccccc7)cc56)c4)n3)cc2)cc1. The Kier molecular flexibility index (Phi) is 10.2. The predicted molar refractivity (Wildman–Crippen MR) is 276 cm³/mol. The smallest absolute Gasteiger partial charge is 0.164 e. The number of fused-ring (bicyclic) bond motifs is 3. The lowest BCUT2D eigenvalue weighted by Gasteiger charge is -2.13. The Labute approximate surface area is 389 Å². The van der Waals surface area contributed by atoms with Gasteiger partial charge in [0.05, 0.1) is 0 Å². The van der Waals surface area contributed by atoms with Gasteiger partial charge in [-0.1, -0.05) is 212 Å². The van der Waals surface area contributed by atoms with E-state index in [4.69, 9.17) is 19.4 Å². The van der Waals surface area contributed by atoms with Crippen LogP contribution >= 0.6 is 0 Å². The van der Waals surface area contributed by atoms with Crippen LogP contribution in [-0.2, 0) is 0 Å². The van der Waals surface area contributed by atoms with Crippen molar-refractivity contribution in [3.8, 4) is 101 Å². The number of hydrogen-bond acceptors (Lipinski definition) is 4. The van der Waals surface area contributed by atoms with E-state index in [0.717, 1.165) is 105 Å². The Bertz CT molecular complexity index is 3640. The van der Waals surface area contributed by atoms with Crippen molar-refractivity contribution in [2.75, 3.05) is 0 Å². The van der Waals surface area contributed by atoms with E-state index in [-0.39, 0.29) is 0 Å². The van der Waals surface area contributed by atoms with E-state index in [1.165, 1.54) is 0 Å². The van der Waals surface area contributed by atoms with Crippen molar-refractivity contribution in [3.63, 3.8) is 0 Å². The zero-order valence-electron chi connectivity index (χ0n) is 36.4. The molecule has 12 aromatic rings. The summed E-state index contributed by atoms with van der Waals surface area (Å²) in [7, 11) is 0. The van der Waals surface area contributed by atoms with Crippen LogP contribution in [0.25, 0.3) is 123 Å². The average molecular weight is 856 g/mol. The molecule has 0 spiro atoms. The summed E-state index contributed by atoms with van der Waals surface area (Å²) in [6.07, 6.45) is 0. The minimum Gasteiger partial charge on any atom is -0.455 e. The van der Waals surface area contributed by atoms with E-state index in [1.54, 1.807) is 0 Å². The van der Waals surface area contributed by atoms with E-state index in [0.29, 0.717) is 17.5 Å². The van der Waals surface area contributed by atoms with Crippen molar-refractivity contribution in [2.45, 2.75) is 0 Å². The summed E-state index contributed by atoms with van der Waals surface area (Å²) >= 11 is 0. The minimum absolute atomic E-state index is 0.580. The van der Waals surface area contributed by atoms with Crippen LogP contribution in [0.1, 0.15) is 0 Å². The van der Waals surface area contributed by atoms with Crippen LogP contribution in [-0.4, -0.2) is 15.0 Å². The van der Waals surface area contributed by atoms with Crippen molar-refractivity contribution in [1.29, 1.82) is 0 Å². The van der Waals surface area contributed by atoms with Crippen LogP contribution in [0.15, 0.2) is 253 Å². The highest BCUT2D eigenvalue weighted by molar-refractivity contribution is 6.14. The second-order valence-corrected chi connectivity index (χ2v) is 16.8. The van der Waals surface area contributed by atoms with Crippen LogP contribution in [0, 0.1) is 0 Å². The Morgan fingerprint density at radius 1 is 0.209 bits per heavy atom. The molecule has 0 saturated carbocycles. The molecule has 4 nitrogen and oxygen atoms in total. The first kappa shape index (κ1) is 39.6. The second-order valence-electron chi connectivity index (χ2n) is 16.8. The first-order valence-electron chi connectivity index (χ1n) is 22.6. The highest BCUT2D eigenvalue weighted by Crippen LogP contribution is 2.43. The van der Waals surface area contributed by atoms with E-state index in [1.807, 2.05) is 18.2 Å². The molecular formula is C63H41N3O.